The molecule has 9 nitrogen and oxygen atoms in total. The lowest BCUT2D eigenvalue weighted by Crippen LogP contribution is -2.79. The summed E-state index contributed by atoms with van der Waals surface area (Å²) in [6.07, 6.45) is 6.52. The number of amides is 1. The summed E-state index contributed by atoms with van der Waals surface area (Å²) in [5, 5.41) is 7.99. The van der Waals surface area contributed by atoms with Crippen LogP contribution in [0.25, 0.3) is 11.2 Å². The highest BCUT2D eigenvalue weighted by Crippen LogP contribution is 2.14. The van der Waals surface area contributed by atoms with Crippen LogP contribution in [0.2, 0.25) is 0 Å². The van der Waals surface area contributed by atoms with Gasteiger partial charge in [-0.3, -0.25) is 4.98 Å². The SMILES string of the molecule is CN(CC1=NN=C2C(=O)[NH+]=CC=[N+]12)c1ccc2nccnc2n1. The van der Waals surface area contributed by atoms with Gasteiger partial charge in [0.25, 0.3) is 0 Å². The Labute approximate surface area is 130 Å². The molecule has 112 valence electrons. The molecule has 0 saturated heterocycles. The minimum atomic E-state index is -0.270. The molecule has 4 rings (SSSR count). The van der Waals surface area contributed by atoms with Crippen molar-refractivity contribution < 1.29 is 14.4 Å². The van der Waals surface area contributed by atoms with Gasteiger partial charge in [-0.2, -0.15) is 9.57 Å². The van der Waals surface area contributed by atoms with Gasteiger partial charge >= 0.3 is 17.6 Å². The molecule has 1 amide bonds. The second-order valence-electron chi connectivity index (χ2n) is 5.02. The molecular formula is C14H12N8O+2. The van der Waals surface area contributed by atoms with Crippen molar-refractivity contribution in [1.29, 1.82) is 0 Å². The molecule has 0 bridgehead atoms. The molecule has 2 aliphatic rings. The first kappa shape index (κ1) is 13.3. The van der Waals surface area contributed by atoms with Crippen molar-refractivity contribution >= 4 is 47.0 Å². The van der Waals surface area contributed by atoms with Gasteiger partial charge in [0.2, 0.25) is 6.21 Å². The number of carbonyl (C=O) groups is 1. The molecular weight excluding hydrogens is 296 g/mol. The van der Waals surface area contributed by atoms with Crippen LogP contribution in [0.4, 0.5) is 5.82 Å². The highest BCUT2D eigenvalue weighted by Gasteiger charge is 2.40. The maximum Gasteiger partial charge on any atom is 0.491 e. The number of amidine groups is 2. The lowest BCUT2D eigenvalue weighted by molar-refractivity contribution is -0.383. The average molecular weight is 308 g/mol. The molecule has 0 fully saturated rings. The smallest absolute Gasteiger partial charge is 0.349 e. The number of hydrogen-bond donors (Lipinski definition) is 1. The third-order valence-corrected chi connectivity index (χ3v) is 3.49. The fourth-order valence-corrected chi connectivity index (χ4v) is 2.35. The number of nitrogens with zero attached hydrogens (tertiary/aromatic N) is 7. The molecule has 0 unspecified atom stereocenters. The fourth-order valence-electron chi connectivity index (χ4n) is 2.35. The van der Waals surface area contributed by atoms with Crippen LogP contribution in [0.1, 0.15) is 0 Å². The normalized spacial score (nSPS) is 16.0. The van der Waals surface area contributed by atoms with Gasteiger partial charge in [0.1, 0.15) is 24.1 Å². The van der Waals surface area contributed by atoms with Gasteiger partial charge in [0, 0.05) is 19.4 Å². The molecule has 0 radical (unpaired) electrons. The van der Waals surface area contributed by atoms with E-state index in [4.69, 9.17) is 0 Å². The molecule has 4 heterocycles. The summed E-state index contributed by atoms with van der Waals surface area (Å²) in [5.41, 5.74) is 1.32. The summed E-state index contributed by atoms with van der Waals surface area (Å²) in [6, 6.07) is 3.74. The van der Waals surface area contributed by atoms with Gasteiger partial charge < -0.3 is 4.90 Å². The van der Waals surface area contributed by atoms with Crippen LogP contribution >= 0.6 is 0 Å². The van der Waals surface area contributed by atoms with E-state index in [1.54, 1.807) is 29.4 Å². The minimum Gasteiger partial charge on any atom is -0.349 e. The third-order valence-electron chi connectivity index (χ3n) is 3.49. The van der Waals surface area contributed by atoms with Crippen molar-refractivity contribution in [2.75, 3.05) is 18.5 Å². The highest BCUT2D eigenvalue weighted by molar-refractivity contribution is 6.37. The van der Waals surface area contributed by atoms with Crippen molar-refractivity contribution in [3.63, 3.8) is 0 Å². The van der Waals surface area contributed by atoms with E-state index in [9.17, 15) is 4.79 Å². The molecule has 2 aromatic rings. The Morgan fingerprint density at radius 2 is 2.09 bits per heavy atom. The Morgan fingerprint density at radius 1 is 1.22 bits per heavy atom. The number of fused-ring (bicyclic) bond motifs is 2. The number of aromatic nitrogens is 3. The lowest BCUT2D eigenvalue weighted by Gasteiger charge is -2.16. The number of nitrogens with one attached hydrogen (secondary N) is 1. The zero-order valence-corrected chi connectivity index (χ0v) is 12.2. The average Bonchev–Trinajstić information content (AvgIpc) is 2.99. The molecule has 1 N–H and O–H groups in total. The van der Waals surface area contributed by atoms with E-state index in [0.717, 1.165) is 11.3 Å². The molecule has 0 aliphatic carbocycles. The molecule has 0 aromatic carbocycles. The predicted octanol–water partition coefficient (Wildman–Crippen LogP) is -2.04. The Hall–Kier alpha value is -3.36. The van der Waals surface area contributed by atoms with Crippen molar-refractivity contribution in [3.05, 3.63) is 24.5 Å². The molecule has 9 heteroatoms. The molecule has 0 spiro atoms. The monoisotopic (exact) mass is 308 g/mol. The maximum atomic E-state index is 11.7. The Balaban J connectivity index is 1.58. The first-order valence-corrected chi connectivity index (χ1v) is 6.92. The Kier molecular flexibility index (Phi) is 2.97. The predicted molar refractivity (Wildman–Crippen MR) is 83.8 cm³/mol. The van der Waals surface area contributed by atoms with E-state index in [-0.39, 0.29) is 11.7 Å². The summed E-state index contributed by atoms with van der Waals surface area (Å²) < 4.78 is 1.66. The van der Waals surface area contributed by atoms with Gasteiger partial charge in [-0.25, -0.2) is 14.8 Å². The number of pyridine rings is 1. The molecule has 2 aliphatic heterocycles. The summed E-state index contributed by atoms with van der Waals surface area (Å²) in [6.45, 7) is 0.448. The first-order valence-electron chi connectivity index (χ1n) is 6.92. The minimum absolute atomic E-state index is 0.270. The van der Waals surface area contributed by atoms with Gasteiger partial charge in [0.05, 0.1) is 10.2 Å². The Morgan fingerprint density at radius 3 is 3.00 bits per heavy atom. The van der Waals surface area contributed by atoms with Crippen molar-refractivity contribution in [1.82, 2.24) is 15.0 Å². The van der Waals surface area contributed by atoms with Crippen LogP contribution in [-0.4, -0.2) is 63.1 Å². The van der Waals surface area contributed by atoms with E-state index >= 15 is 0 Å². The maximum absolute atomic E-state index is 11.7. The van der Waals surface area contributed by atoms with Crippen LogP contribution < -0.4 is 9.89 Å². The van der Waals surface area contributed by atoms with E-state index in [1.165, 1.54) is 0 Å². The number of carbonyl (C=O) groups excluding carboxylic acids is 1. The van der Waals surface area contributed by atoms with E-state index < -0.39 is 0 Å². The quantitative estimate of drug-likeness (QED) is 0.659. The summed E-state index contributed by atoms with van der Waals surface area (Å²) in [5.74, 6) is 1.38. The Bertz CT molecular complexity index is 943. The van der Waals surface area contributed by atoms with Crippen molar-refractivity contribution in [2.45, 2.75) is 0 Å². The van der Waals surface area contributed by atoms with Gasteiger partial charge in [0.15, 0.2) is 5.65 Å². The van der Waals surface area contributed by atoms with Crippen molar-refractivity contribution in [3.8, 4) is 0 Å². The zero-order valence-electron chi connectivity index (χ0n) is 12.2. The van der Waals surface area contributed by atoms with Gasteiger partial charge in [-0.1, -0.05) is 0 Å². The third kappa shape index (κ3) is 2.27. The second-order valence-corrected chi connectivity index (χ2v) is 5.02. The zero-order chi connectivity index (χ0) is 15.8. The van der Waals surface area contributed by atoms with Gasteiger partial charge in [-0.15, -0.1) is 0 Å². The summed E-state index contributed by atoms with van der Waals surface area (Å²) in [4.78, 5) is 29.0. The molecule has 2 aromatic heterocycles. The largest absolute Gasteiger partial charge is 0.491 e. The van der Waals surface area contributed by atoms with Crippen LogP contribution in [-0.2, 0) is 4.79 Å². The van der Waals surface area contributed by atoms with E-state index in [0.29, 0.717) is 18.0 Å². The van der Waals surface area contributed by atoms with Crippen LogP contribution in [0.15, 0.2) is 34.7 Å². The van der Waals surface area contributed by atoms with E-state index in [2.05, 4.69) is 30.1 Å². The standard InChI is InChI=1S/C14H11N8O/c1-21(10-3-2-9-12(18-10)16-5-4-15-9)8-11-19-20-13-14(23)17-6-7-22(11)13/h2-7H,8H2,1H3/q+1/p+1. The molecule has 23 heavy (non-hydrogen) atoms. The first-order chi connectivity index (χ1) is 11.2. The van der Waals surface area contributed by atoms with Crippen molar-refractivity contribution in [2.24, 2.45) is 10.2 Å². The lowest BCUT2D eigenvalue weighted by atomic mass is 10.3. The molecule has 0 atom stereocenters. The molecule has 0 saturated carbocycles. The summed E-state index contributed by atoms with van der Waals surface area (Å²) in [7, 11) is 1.89. The number of hydrogen-bond acceptors (Lipinski definition) is 7. The number of anilines is 1. The van der Waals surface area contributed by atoms with Crippen LogP contribution in [0.3, 0.4) is 0 Å². The second kappa shape index (κ2) is 5.13. The van der Waals surface area contributed by atoms with Crippen LogP contribution in [0, 0.1) is 0 Å². The van der Waals surface area contributed by atoms with Crippen LogP contribution in [0.5, 0.6) is 0 Å². The summed E-state index contributed by atoms with van der Waals surface area (Å²) >= 11 is 0. The number of rotatable bonds is 3. The fraction of sp³-hybridized carbons (Fsp3) is 0.143. The van der Waals surface area contributed by atoms with E-state index in [1.807, 2.05) is 24.1 Å². The highest BCUT2D eigenvalue weighted by atomic mass is 16.2. The van der Waals surface area contributed by atoms with Gasteiger partial charge in [-0.05, 0) is 12.1 Å². The number of likely N-dealkylation sites (N-methyl/N-ethyl adjacent to an activating group) is 1. The topological polar surface area (TPSA) is 101 Å².